The smallest absolute Gasteiger partial charge is 0.281 e. The summed E-state index contributed by atoms with van der Waals surface area (Å²) in [5, 5.41) is 11.3. The van der Waals surface area contributed by atoms with E-state index in [-0.39, 0.29) is 10.5 Å². The van der Waals surface area contributed by atoms with Crippen LogP contribution in [-0.2, 0) is 11.2 Å². The predicted octanol–water partition coefficient (Wildman–Crippen LogP) is 3.23. The summed E-state index contributed by atoms with van der Waals surface area (Å²) in [6.45, 7) is 0.407. The van der Waals surface area contributed by atoms with Crippen molar-refractivity contribution >= 4 is 32.5 Å². The lowest BCUT2D eigenvalue weighted by Gasteiger charge is -2.11. The Morgan fingerprint density at radius 2 is 2.35 bits per heavy atom. The monoisotopic (exact) mass is 342 g/mol. The molecule has 0 saturated heterocycles. The van der Waals surface area contributed by atoms with Gasteiger partial charge in [-0.1, -0.05) is 15.9 Å². The van der Waals surface area contributed by atoms with E-state index in [2.05, 4.69) is 20.9 Å². The molecular formula is C13H12BrFN2O3. The van der Waals surface area contributed by atoms with Gasteiger partial charge in [-0.2, -0.15) is 0 Å². The van der Waals surface area contributed by atoms with Gasteiger partial charge in [0.2, 0.25) is 0 Å². The topological polar surface area (TPSA) is 65.3 Å². The summed E-state index contributed by atoms with van der Waals surface area (Å²) in [4.78, 5) is 14.4. The number of nitro groups is 1. The normalized spacial score (nSPS) is 12.6. The maximum Gasteiger partial charge on any atom is 0.281 e. The third-order valence-electron chi connectivity index (χ3n) is 2.89. The van der Waals surface area contributed by atoms with Gasteiger partial charge in [-0.3, -0.25) is 15.1 Å². The van der Waals surface area contributed by atoms with Crippen molar-refractivity contribution in [3.05, 3.63) is 45.9 Å². The highest BCUT2D eigenvalue weighted by atomic mass is 79.9. The lowest BCUT2D eigenvalue weighted by Crippen LogP contribution is -2.12. The Hall–Kier alpha value is -1.60. The van der Waals surface area contributed by atoms with Crippen LogP contribution >= 0.6 is 15.9 Å². The molecule has 0 aliphatic heterocycles. The fraction of sp³-hybridized carbons (Fsp3) is 0.308. The molecule has 0 aliphatic rings. The van der Waals surface area contributed by atoms with Crippen molar-refractivity contribution in [1.29, 1.82) is 0 Å². The van der Waals surface area contributed by atoms with Crippen LogP contribution in [0.3, 0.4) is 0 Å². The molecular weight excluding hydrogens is 331 g/mol. The lowest BCUT2D eigenvalue weighted by atomic mass is 10.0. The van der Waals surface area contributed by atoms with Gasteiger partial charge in [0.1, 0.15) is 5.82 Å². The molecule has 0 bridgehead atoms. The molecule has 0 aliphatic carbocycles. The van der Waals surface area contributed by atoms with E-state index >= 15 is 0 Å². The molecule has 0 radical (unpaired) electrons. The maximum absolute atomic E-state index is 14.1. The first-order chi connectivity index (χ1) is 9.54. The largest absolute Gasteiger partial charge is 0.384 e. The maximum atomic E-state index is 14.1. The van der Waals surface area contributed by atoms with E-state index in [1.807, 2.05) is 0 Å². The summed E-state index contributed by atoms with van der Waals surface area (Å²) in [6.07, 6.45) is 1.83. The fourth-order valence-electron chi connectivity index (χ4n) is 2.06. The van der Waals surface area contributed by atoms with Crippen molar-refractivity contribution in [3.63, 3.8) is 0 Å². The molecule has 2 rings (SSSR count). The van der Waals surface area contributed by atoms with E-state index in [9.17, 15) is 14.5 Å². The number of pyridine rings is 1. The molecule has 1 aromatic heterocycles. The zero-order chi connectivity index (χ0) is 14.7. The number of methoxy groups -OCH3 is 1. The molecule has 2 aromatic rings. The fourth-order valence-corrected chi connectivity index (χ4v) is 2.65. The molecule has 106 valence electrons. The number of benzene rings is 1. The number of hydrogen-bond donors (Lipinski definition) is 0. The molecule has 20 heavy (non-hydrogen) atoms. The first kappa shape index (κ1) is 14.8. The van der Waals surface area contributed by atoms with Gasteiger partial charge in [0.15, 0.2) is 0 Å². The molecule has 0 fully saturated rings. The minimum atomic E-state index is -0.622. The van der Waals surface area contributed by atoms with Gasteiger partial charge in [-0.25, -0.2) is 4.39 Å². The summed E-state index contributed by atoms with van der Waals surface area (Å²) in [5.41, 5.74) is 0.400. The zero-order valence-corrected chi connectivity index (χ0v) is 12.3. The Labute approximate surface area is 123 Å². The zero-order valence-electron chi connectivity index (χ0n) is 10.7. The van der Waals surface area contributed by atoms with Crippen molar-refractivity contribution in [2.24, 2.45) is 0 Å². The number of non-ortho nitro benzene ring substituents is 1. The van der Waals surface area contributed by atoms with E-state index in [1.165, 1.54) is 6.20 Å². The molecule has 0 N–H and O–H groups in total. The number of halogens is 2. The predicted molar refractivity (Wildman–Crippen MR) is 76.7 cm³/mol. The van der Waals surface area contributed by atoms with Gasteiger partial charge >= 0.3 is 0 Å². The van der Waals surface area contributed by atoms with Crippen LogP contribution in [0, 0.1) is 15.9 Å². The molecule has 0 amide bonds. The molecule has 0 saturated carbocycles. The highest BCUT2D eigenvalue weighted by Gasteiger charge is 2.21. The Kier molecular flexibility index (Phi) is 4.61. The first-order valence-electron chi connectivity index (χ1n) is 5.88. The highest BCUT2D eigenvalue weighted by Crippen LogP contribution is 2.30. The van der Waals surface area contributed by atoms with Gasteiger partial charge in [0.25, 0.3) is 5.69 Å². The van der Waals surface area contributed by atoms with Gasteiger partial charge in [-0.15, -0.1) is 0 Å². The third kappa shape index (κ3) is 2.94. The Bertz CT molecular complexity index is 651. The van der Waals surface area contributed by atoms with Crippen molar-refractivity contribution in [2.75, 3.05) is 13.7 Å². The average molecular weight is 343 g/mol. The van der Waals surface area contributed by atoms with Crippen molar-refractivity contribution in [3.8, 4) is 0 Å². The van der Waals surface area contributed by atoms with E-state index in [4.69, 9.17) is 4.74 Å². The molecule has 7 heteroatoms. The third-order valence-corrected chi connectivity index (χ3v) is 3.48. The van der Waals surface area contributed by atoms with E-state index < -0.39 is 10.7 Å². The average Bonchev–Trinajstić information content (AvgIpc) is 2.41. The molecule has 1 heterocycles. The van der Waals surface area contributed by atoms with Gasteiger partial charge in [-0.05, 0) is 18.6 Å². The minimum absolute atomic E-state index is 0.0892. The van der Waals surface area contributed by atoms with Gasteiger partial charge in [0.05, 0.1) is 28.5 Å². The van der Waals surface area contributed by atoms with Crippen molar-refractivity contribution in [1.82, 2.24) is 4.98 Å². The van der Waals surface area contributed by atoms with Gasteiger partial charge in [0, 0.05) is 23.7 Å². The van der Waals surface area contributed by atoms with Crippen LogP contribution in [0.25, 0.3) is 10.9 Å². The molecule has 0 spiro atoms. The number of nitro benzene ring substituents is 1. The standard InChI is InChI=1S/C13H12BrFN2O3/c1-20-7-8(14)5-10-11(15)6-12(17(18)19)9-3-2-4-16-13(9)10/h2-4,6,8H,5,7H2,1H3. The van der Waals surface area contributed by atoms with E-state index in [0.717, 1.165) is 6.07 Å². The van der Waals surface area contributed by atoms with Crippen LogP contribution in [0.4, 0.5) is 10.1 Å². The van der Waals surface area contributed by atoms with Crippen molar-refractivity contribution in [2.45, 2.75) is 11.2 Å². The molecule has 1 atom stereocenters. The Morgan fingerprint density at radius 1 is 1.60 bits per heavy atom. The number of alkyl halides is 1. The quantitative estimate of drug-likeness (QED) is 0.475. The summed E-state index contributed by atoms with van der Waals surface area (Å²) < 4.78 is 19.1. The van der Waals surface area contributed by atoms with Gasteiger partial charge < -0.3 is 4.74 Å². The number of rotatable bonds is 5. The van der Waals surface area contributed by atoms with Crippen LogP contribution in [0.2, 0.25) is 0 Å². The van der Waals surface area contributed by atoms with Crippen LogP contribution < -0.4 is 0 Å². The summed E-state index contributed by atoms with van der Waals surface area (Å²) >= 11 is 3.39. The number of hydrogen-bond acceptors (Lipinski definition) is 4. The van der Waals surface area contributed by atoms with Crippen LogP contribution in [-0.4, -0.2) is 28.5 Å². The lowest BCUT2D eigenvalue weighted by molar-refractivity contribution is -0.383. The summed E-state index contributed by atoms with van der Waals surface area (Å²) in [6, 6.07) is 4.12. The van der Waals surface area contributed by atoms with Crippen LogP contribution in [0.5, 0.6) is 0 Å². The van der Waals surface area contributed by atoms with Crippen molar-refractivity contribution < 1.29 is 14.1 Å². The first-order valence-corrected chi connectivity index (χ1v) is 6.79. The molecule has 1 unspecified atom stereocenters. The number of ether oxygens (including phenoxy) is 1. The summed E-state index contributed by atoms with van der Waals surface area (Å²) in [7, 11) is 1.55. The van der Waals surface area contributed by atoms with E-state index in [1.54, 1.807) is 19.2 Å². The second kappa shape index (κ2) is 6.23. The second-order valence-corrected chi connectivity index (χ2v) is 5.56. The number of fused-ring (bicyclic) bond motifs is 1. The second-order valence-electron chi connectivity index (χ2n) is 4.27. The minimum Gasteiger partial charge on any atom is -0.384 e. The van der Waals surface area contributed by atoms with E-state index in [0.29, 0.717) is 29.5 Å². The number of aromatic nitrogens is 1. The number of nitrogens with zero attached hydrogens (tertiary/aromatic N) is 2. The highest BCUT2D eigenvalue weighted by molar-refractivity contribution is 9.09. The van der Waals surface area contributed by atoms with Crippen LogP contribution in [0.1, 0.15) is 5.56 Å². The molecule has 1 aromatic carbocycles. The Balaban J connectivity index is 2.58. The molecule has 5 nitrogen and oxygen atoms in total. The Morgan fingerprint density at radius 3 is 3.00 bits per heavy atom. The van der Waals surface area contributed by atoms with Crippen LogP contribution in [0.15, 0.2) is 24.4 Å². The summed E-state index contributed by atoms with van der Waals surface area (Å²) in [5.74, 6) is -0.622. The SMILES string of the molecule is COCC(Br)Cc1c(F)cc([N+](=O)[O-])c2cccnc12.